The lowest BCUT2D eigenvalue weighted by molar-refractivity contribution is 0.614. The molecule has 1 aliphatic heterocycles. The first kappa shape index (κ1) is 12.2. The minimum absolute atomic E-state index is 0.827. The molecule has 0 radical (unpaired) electrons. The highest BCUT2D eigenvalue weighted by Gasteiger charge is 2.17. The molecule has 0 aromatic carbocycles. The highest BCUT2D eigenvalue weighted by Crippen LogP contribution is 2.22. The zero-order chi connectivity index (χ0) is 13.1. The van der Waals surface area contributed by atoms with Crippen LogP contribution in [-0.4, -0.2) is 21.5 Å². The normalized spacial score (nSPS) is 14.2. The molecule has 2 aromatic heterocycles. The van der Waals surface area contributed by atoms with Crippen LogP contribution >= 0.6 is 0 Å². The Balaban J connectivity index is 2.09. The van der Waals surface area contributed by atoms with E-state index in [1.54, 1.807) is 12.4 Å². The van der Waals surface area contributed by atoms with Crippen LogP contribution in [0.15, 0.2) is 24.5 Å². The van der Waals surface area contributed by atoms with Gasteiger partial charge in [0.05, 0.1) is 5.69 Å². The summed E-state index contributed by atoms with van der Waals surface area (Å²) in [5.74, 6) is 0.827. The zero-order valence-corrected chi connectivity index (χ0v) is 11.2. The summed E-state index contributed by atoms with van der Waals surface area (Å²) in [7, 11) is 0. The maximum atomic E-state index is 4.78. The third-order valence-corrected chi connectivity index (χ3v) is 3.45. The number of fused-ring (bicyclic) bond motifs is 1. The largest absolute Gasteiger partial charge is 0.311 e. The standard InChI is InChI=1S/C15H18N4/c1-2-3-13-12-6-9-17-10-14(12)19-15(18-13)11-4-7-16-8-5-11/h4-5,7-8,17H,2-3,6,9-10H2,1H3. The van der Waals surface area contributed by atoms with Crippen molar-refractivity contribution in [3.05, 3.63) is 41.5 Å². The SMILES string of the molecule is CCCc1nc(-c2ccncc2)nc2c1CCNC2. The van der Waals surface area contributed by atoms with Crippen LogP contribution in [0, 0.1) is 0 Å². The molecule has 0 bridgehead atoms. The molecular formula is C15H18N4. The van der Waals surface area contributed by atoms with Crippen LogP contribution in [0.2, 0.25) is 0 Å². The molecule has 3 rings (SSSR count). The fourth-order valence-corrected chi connectivity index (χ4v) is 2.51. The molecular weight excluding hydrogens is 236 g/mol. The summed E-state index contributed by atoms with van der Waals surface area (Å²) in [4.78, 5) is 13.6. The van der Waals surface area contributed by atoms with Crippen molar-refractivity contribution in [1.29, 1.82) is 0 Å². The maximum absolute atomic E-state index is 4.78. The van der Waals surface area contributed by atoms with E-state index in [1.807, 2.05) is 12.1 Å². The topological polar surface area (TPSA) is 50.7 Å². The lowest BCUT2D eigenvalue weighted by Crippen LogP contribution is -2.26. The first-order valence-electron chi connectivity index (χ1n) is 6.88. The Morgan fingerprint density at radius 3 is 2.84 bits per heavy atom. The molecule has 4 nitrogen and oxygen atoms in total. The predicted molar refractivity (Wildman–Crippen MR) is 74.7 cm³/mol. The van der Waals surface area contributed by atoms with Crippen LogP contribution in [0.4, 0.5) is 0 Å². The van der Waals surface area contributed by atoms with Crippen LogP contribution < -0.4 is 5.32 Å². The van der Waals surface area contributed by atoms with Crippen LogP contribution in [-0.2, 0) is 19.4 Å². The van der Waals surface area contributed by atoms with Crippen molar-refractivity contribution in [3.63, 3.8) is 0 Å². The number of aryl methyl sites for hydroxylation is 1. The number of hydrogen-bond donors (Lipinski definition) is 1. The Morgan fingerprint density at radius 2 is 2.05 bits per heavy atom. The van der Waals surface area contributed by atoms with Gasteiger partial charge >= 0.3 is 0 Å². The molecule has 98 valence electrons. The van der Waals surface area contributed by atoms with Crippen molar-refractivity contribution >= 4 is 0 Å². The van der Waals surface area contributed by atoms with Crippen molar-refractivity contribution in [2.45, 2.75) is 32.7 Å². The average Bonchev–Trinajstić information content (AvgIpc) is 2.48. The Hall–Kier alpha value is -1.81. The van der Waals surface area contributed by atoms with E-state index < -0.39 is 0 Å². The molecule has 0 saturated heterocycles. The second kappa shape index (κ2) is 5.45. The smallest absolute Gasteiger partial charge is 0.159 e. The molecule has 19 heavy (non-hydrogen) atoms. The second-order valence-electron chi connectivity index (χ2n) is 4.83. The third kappa shape index (κ3) is 2.49. The molecule has 0 unspecified atom stereocenters. The van der Waals surface area contributed by atoms with Crippen LogP contribution in [0.5, 0.6) is 0 Å². The minimum Gasteiger partial charge on any atom is -0.311 e. The molecule has 0 amide bonds. The van der Waals surface area contributed by atoms with Crippen LogP contribution in [0.3, 0.4) is 0 Å². The number of hydrogen-bond acceptors (Lipinski definition) is 4. The predicted octanol–water partition coefficient (Wildman–Crippen LogP) is 2.14. The van der Waals surface area contributed by atoms with E-state index in [0.717, 1.165) is 49.4 Å². The summed E-state index contributed by atoms with van der Waals surface area (Å²) in [6.45, 7) is 4.08. The zero-order valence-electron chi connectivity index (χ0n) is 11.2. The van der Waals surface area contributed by atoms with Crippen molar-refractivity contribution < 1.29 is 0 Å². The molecule has 0 atom stereocenters. The molecule has 4 heteroatoms. The molecule has 3 heterocycles. The summed E-state index contributed by atoms with van der Waals surface area (Å²) in [6, 6.07) is 3.93. The van der Waals surface area contributed by atoms with Gasteiger partial charge in [-0.1, -0.05) is 13.3 Å². The fraction of sp³-hybridized carbons (Fsp3) is 0.400. The summed E-state index contributed by atoms with van der Waals surface area (Å²) < 4.78 is 0. The first-order chi connectivity index (χ1) is 9.38. The summed E-state index contributed by atoms with van der Waals surface area (Å²) in [6.07, 6.45) is 6.77. The van der Waals surface area contributed by atoms with Gasteiger partial charge in [0.2, 0.25) is 0 Å². The highest BCUT2D eigenvalue weighted by atomic mass is 15.0. The second-order valence-corrected chi connectivity index (χ2v) is 4.83. The van der Waals surface area contributed by atoms with Gasteiger partial charge in [-0.25, -0.2) is 9.97 Å². The average molecular weight is 254 g/mol. The van der Waals surface area contributed by atoms with E-state index in [1.165, 1.54) is 11.3 Å². The van der Waals surface area contributed by atoms with Gasteiger partial charge in [0.1, 0.15) is 0 Å². The van der Waals surface area contributed by atoms with Gasteiger partial charge in [-0.3, -0.25) is 4.98 Å². The van der Waals surface area contributed by atoms with Gasteiger partial charge in [0, 0.05) is 30.2 Å². The molecule has 2 aromatic rings. The van der Waals surface area contributed by atoms with E-state index >= 15 is 0 Å². The summed E-state index contributed by atoms with van der Waals surface area (Å²) >= 11 is 0. The van der Waals surface area contributed by atoms with E-state index in [4.69, 9.17) is 9.97 Å². The number of aromatic nitrogens is 3. The molecule has 1 aliphatic rings. The highest BCUT2D eigenvalue weighted by molar-refractivity contribution is 5.55. The van der Waals surface area contributed by atoms with E-state index in [2.05, 4.69) is 17.2 Å². The van der Waals surface area contributed by atoms with Gasteiger partial charge < -0.3 is 5.32 Å². The number of nitrogens with one attached hydrogen (secondary N) is 1. The van der Waals surface area contributed by atoms with E-state index in [0.29, 0.717) is 0 Å². The van der Waals surface area contributed by atoms with Gasteiger partial charge in [0.15, 0.2) is 5.82 Å². The summed E-state index contributed by atoms with van der Waals surface area (Å²) in [5.41, 5.74) is 4.79. The molecule has 1 N–H and O–H groups in total. The van der Waals surface area contributed by atoms with E-state index in [9.17, 15) is 0 Å². The number of nitrogens with zero attached hydrogens (tertiary/aromatic N) is 3. The monoisotopic (exact) mass is 254 g/mol. The molecule has 0 saturated carbocycles. The van der Waals surface area contributed by atoms with Crippen molar-refractivity contribution in [1.82, 2.24) is 20.3 Å². The lowest BCUT2D eigenvalue weighted by atomic mass is 10.0. The van der Waals surface area contributed by atoms with Gasteiger partial charge in [0.25, 0.3) is 0 Å². The Morgan fingerprint density at radius 1 is 1.21 bits per heavy atom. The Bertz CT molecular complexity index is 566. The maximum Gasteiger partial charge on any atom is 0.159 e. The van der Waals surface area contributed by atoms with Gasteiger partial charge in [-0.15, -0.1) is 0 Å². The summed E-state index contributed by atoms with van der Waals surface area (Å²) in [5, 5.41) is 3.39. The number of rotatable bonds is 3. The van der Waals surface area contributed by atoms with Crippen molar-refractivity contribution in [2.24, 2.45) is 0 Å². The van der Waals surface area contributed by atoms with Crippen molar-refractivity contribution in [2.75, 3.05) is 6.54 Å². The Kier molecular flexibility index (Phi) is 3.51. The first-order valence-corrected chi connectivity index (χ1v) is 6.88. The van der Waals surface area contributed by atoms with Gasteiger partial charge in [-0.05, 0) is 37.1 Å². The lowest BCUT2D eigenvalue weighted by Gasteiger charge is -2.20. The van der Waals surface area contributed by atoms with Gasteiger partial charge in [-0.2, -0.15) is 0 Å². The van der Waals surface area contributed by atoms with Crippen molar-refractivity contribution in [3.8, 4) is 11.4 Å². The van der Waals surface area contributed by atoms with Crippen LogP contribution in [0.1, 0.15) is 30.3 Å². The third-order valence-electron chi connectivity index (χ3n) is 3.45. The fourth-order valence-electron chi connectivity index (χ4n) is 2.51. The quantitative estimate of drug-likeness (QED) is 0.911. The molecule has 0 fully saturated rings. The molecule has 0 aliphatic carbocycles. The minimum atomic E-state index is 0.827. The number of pyridine rings is 1. The van der Waals surface area contributed by atoms with Crippen LogP contribution in [0.25, 0.3) is 11.4 Å². The Labute approximate surface area is 113 Å². The molecule has 0 spiro atoms. The van der Waals surface area contributed by atoms with E-state index in [-0.39, 0.29) is 0 Å².